The van der Waals surface area contributed by atoms with E-state index in [1.807, 2.05) is 17.3 Å². The molecule has 3 aliphatic heterocycles. The van der Waals surface area contributed by atoms with Crippen molar-refractivity contribution in [2.75, 3.05) is 11.4 Å². The molecule has 5 rings (SSSR count). The largest absolute Gasteiger partial charge is 0.364 e. The summed E-state index contributed by atoms with van der Waals surface area (Å²) in [4.78, 5) is 21.6. The van der Waals surface area contributed by atoms with Crippen molar-refractivity contribution in [2.24, 2.45) is 5.73 Å². The van der Waals surface area contributed by atoms with E-state index >= 15 is 0 Å². The maximum absolute atomic E-state index is 13.9. The Bertz CT molecular complexity index is 1050. The highest BCUT2D eigenvalue weighted by Crippen LogP contribution is 2.38. The van der Waals surface area contributed by atoms with Gasteiger partial charge in [-0.15, -0.1) is 0 Å². The van der Waals surface area contributed by atoms with Crippen LogP contribution in [0.5, 0.6) is 0 Å². The summed E-state index contributed by atoms with van der Waals surface area (Å²) in [5.41, 5.74) is 6.94. The van der Waals surface area contributed by atoms with Gasteiger partial charge in [0.2, 0.25) is 0 Å². The normalized spacial score (nSPS) is 20.2. The van der Waals surface area contributed by atoms with E-state index in [0.717, 1.165) is 37.2 Å². The minimum Gasteiger partial charge on any atom is -0.364 e. The molecule has 1 fully saturated rings. The van der Waals surface area contributed by atoms with Crippen molar-refractivity contribution in [1.29, 1.82) is 0 Å². The minimum atomic E-state index is -1.50. The summed E-state index contributed by atoms with van der Waals surface area (Å²) in [6.07, 6.45) is 8.18. The number of imidazole rings is 1. The van der Waals surface area contributed by atoms with Gasteiger partial charge in [0.25, 0.3) is 5.91 Å². The highest BCUT2D eigenvalue weighted by atomic mass is 19.2. The summed E-state index contributed by atoms with van der Waals surface area (Å²) in [5.74, 6) is -3.99. The molecule has 0 bridgehead atoms. The zero-order valence-corrected chi connectivity index (χ0v) is 15.2. The molecule has 2 aromatic rings. The van der Waals surface area contributed by atoms with Gasteiger partial charge in [-0.25, -0.2) is 18.2 Å². The summed E-state index contributed by atoms with van der Waals surface area (Å²) in [5, 5.41) is 0. The maximum atomic E-state index is 13.9. The molecule has 7 nitrogen and oxygen atoms in total. The quantitative estimate of drug-likeness (QED) is 0.799. The third kappa shape index (κ3) is 2.66. The van der Waals surface area contributed by atoms with Gasteiger partial charge in [0.1, 0.15) is 11.5 Å². The Kier molecular flexibility index (Phi) is 3.83. The number of carbonyl (C=O) groups is 1. The van der Waals surface area contributed by atoms with Crippen LogP contribution in [0, 0.1) is 17.5 Å². The number of rotatable bonds is 3. The molecular formula is C19H17F3N6O. The van der Waals surface area contributed by atoms with Crippen LogP contribution >= 0.6 is 0 Å². The Hall–Kier alpha value is -3.43. The molecule has 0 spiro atoms. The summed E-state index contributed by atoms with van der Waals surface area (Å²) in [6.45, 7) is 1.04. The lowest BCUT2D eigenvalue weighted by Crippen LogP contribution is -2.51. The fourth-order valence-electron chi connectivity index (χ4n) is 4.13. The number of nitrogens with zero attached hydrogens (tertiary/aromatic N) is 5. The van der Waals surface area contributed by atoms with Gasteiger partial charge in [-0.3, -0.25) is 4.79 Å². The molecule has 1 unspecified atom stereocenters. The number of carbonyl (C=O) groups excluding carboxylic acids is 1. The number of nitrogens with two attached hydrogens (primary N) is 1. The lowest BCUT2D eigenvalue weighted by atomic mass is 10.2. The van der Waals surface area contributed by atoms with Crippen LogP contribution in [-0.4, -0.2) is 38.1 Å². The Labute approximate surface area is 164 Å². The van der Waals surface area contributed by atoms with Crippen LogP contribution in [0.2, 0.25) is 0 Å². The summed E-state index contributed by atoms with van der Waals surface area (Å²) in [7, 11) is 0. The van der Waals surface area contributed by atoms with Crippen LogP contribution in [0.25, 0.3) is 6.08 Å². The summed E-state index contributed by atoms with van der Waals surface area (Å²) < 4.78 is 42.9. The molecule has 1 amide bonds. The lowest BCUT2D eigenvalue weighted by Gasteiger charge is -2.41. The smallest absolute Gasteiger partial charge is 0.267 e. The fourth-order valence-corrected chi connectivity index (χ4v) is 4.13. The highest BCUT2D eigenvalue weighted by Gasteiger charge is 2.40. The molecule has 0 radical (unpaired) electrons. The zero-order chi connectivity index (χ0) is 20.3. The van der Waals surface area contributed by atoms with Crippen LogP contribution in [0.15, 0.2) is 36.4 Å². The molecule has 4 heterocycles. The molecule has 1 atom stereocenters. The molecule has 3 aliphatic rings. The molecule has 1 aromatic carbocycles. The molecular weight excluding hydrogens is 385 g/mol. The van der Waals surface area contributed by atoms with Gasteiger partial charge in [-0.2, -0.15) is 0 Å². The van der Waals surface area contributed by atoms with Crippen molar-refractivity contribution < 1.29 is 18.0 Å². The first-order valence-electron chi connectivity index (χ1n) is 9.13. The van der Waals surface area contributed by atoms with Gasteiger partial charge >= 0.3 is 0 Å². The predicted molar refractivity (Wildman–Crippen MR) is 98.2 cm³/mol. The van der Waals surface area contributed by atoms with Gasteiger partial charge in [-0.05, 0) is 18.9 Å². The predicted octanol–water partition coefficient (Wildman–Crippen LogP) is 2.38. The second kappa shape index (κ2) is 6.29. The summed E-state index contributed by atoms with van der Waals surface area (Å²) in [6, 6.07) is 1.96. The van der Waals surface area contributed by atoms with Crippen molar-refractivity contribution >= 4 is 17.7 Å². The molecule has 0 aliphatic carbocycles. The second-order valence-electron chi connectivity index (χ2n) is 7.16. The number of aromatic nitrogens is 2. The molecule has 1 saturated heterocycles. The van der Waals surface area contributed by atoms with Crippen molar-refractivity contribution in [3.63, 3.8) is 0 Å². The van der Waals surface area contributed by atoms with E-state index in [0.29, 0.717) is 5.82 Å². The maximum Gasteiger partial charge on any atom is 0.267 e. The van der Waals surface area contributed by atoms with E-state index in [9.17, 15) is 18.0 Å². The monoisotopic (exact) mass is 402 g/mol. The number of hydrogen-bond acceptors (Lipinski definition) is 5. The molecule has 10 heteroatoms. The van der Waals surface area contributed by atoms with Gasteiger partial charge in [0.05, 0.1) is 18.6 Å². The van der Waals surface area contributed by atoms with Gasteiger partial charge < -0.3 is 25.0 Å². The Balaban J connectivity index is 1.54. The van der Waals surface area contributed by atoms with Crippen LogP contribution in [0.1, 0.15) is 29.2 Å². The van der Waals surface area contributed by atoms with Crippen LogP contribution in [-0.2, 0) is 6.67 Å². The molecule has 2 N–H and O–H groups in total. The van der Waals surface area contributed by atoms with E-state index in [4.69, 9.17) is 5.73 Å². The number of allylic oxidation sites excluding steroid dienone is 1. The first kappa shape index (κ1) is 17.7. The average molecular weight is 402 g/mol. The number of halogens is 3. The second-order valence-corrected chi connectivity index (χ2v) is 7.16. The number of benzene rings is 1. The highest BCUT2D eigenvalue weighted by molar-refractivity contribution is 5.91. The fraction of sp³-hybridized carbons (Fsp3) is 0.263. The van der Waals surface area contributed by atoms with E-state index in [2.05, 4.69) is 9.88 Å². The third-order valence-electron chi connectivity index (χ3n) is 5.44. The number of fused-ring (bicyclic) bond motifs is 2. The first-order chi connectivity index (χ1) is 13.9. The van der Waals surface area contributed by atoms with Gasteiger partial charge in [0, 0.05) is 36.8 Å². The van der Waals surface area contributed by atoms with Crippen molar-refractivity contribution in [3.8, 4) is 0 Å². The molecule has 1 aromatic heterocycles. The minimum absolute atomic E-state index is 0.202. The SMILES string of the molecule is NC(=O)c1cnc2n1CN(C1N3CCCC3=CN1c1cc(F)c(F)c(F)c1)C=C2. The van der Waals surface area contributed by atoms with Crippen LogP contribution < -0.4 is 10.6 Å². The summed E-state index contributed by atoms with van der Waals surface area (Å²) >= 11 is 0. The van der Waals surface area contributed by atoms with Gasteiger partial charge in [-0.1, -0.05) is 0 Å². The van der Waals surface area contributed by atoms with Gasteiger partial charge in [0.15, 0.2) is 23.7 Å². The van der Waals surface area contributed by atoms with Crippen molar-refractivity contribution in [2.45, 2.75) is 25.8 Å². The molecule has 0 saturated carbocycles. The molecule has 150 valence electrons. The Morgan fingerprint density at radius 1 is 1.21 bits per heavy atom. The van der Waals surface area contributed by atoms with Crippen LogP contribution in [0.3, 0.4) is 0 Å². The topological polar surface area (TPSA) is 70.6 Å². The third-order valence-corrected chi connectivity index (χ3v) is 5.44. The Morgan fingerprint density at radius 2 is 1.97 bits per heavy atom. The van der Waals surface area contributed by atoms with E-state index in [-0.39, 0.29) is 18.1 Å². The molecule has 29 heavy (non-hydrogen) atoms. The number of anilines is 1. The lowest BCUT2D eigenvalue weighted by molar-refractivity contribution is 0.0950. The van der Waals surface area contributed by atoms with Crippen molar-refractivity contribution in [3.05, 3.63) is 65.4 Å². The first-order valence-corrected chi connectivity index (χ1v) is 9.13. The number of hydrogen-bond donors (Lipinski definition) is 1. The standard InChI is InChI=1S/C19H17F3N6O/c20-13-6-12(7-14(21)17(13)22)27-9-11-2-1-4-26(11)19(27)25-5-3-16-24-8-15(18(23)29)28(16)10-25/h3,5-9,19H,1-2,4,10H2,(H2,23,29). The van der Waals surface area contributed by atoms with Crippen molar-refractivity contribution in [1.82, 2.24) is 19.4 Å². The van der Waals surface area contributed by atoms with E-state index < -0.39 is 29.6 Å². The van der Waals surface area contributed by atoms with E-state index in [1.54, 1.807) is 15.5 Å². The van der Waals surface area contributed by atoms with E-state index in [1.165, 1.54) is 6.20 Å². The Morgan fingerprint density at radius 3 is 2.69 bits per heavy atom. The van der Waals surface area contributed by atoms with Crippen LogP contribution in [0.4, 0.5) is 18.9 Å². The number of amides is 1. The number of primary amides is 1. The average Bonchev–Trinajstić information content (AvgIpc) is 3.38. The zero-order valence-electron chi connectivity index (χ0n) is 15.2.